The zero-order valence-electron chi connectivity index (χ0n) is 6.11. The minimum atomic E-state index is -1.96. The van der Waals surface area contributed by atoms with Crippen LogP contribution in [-0.2, 0) is 0 Å². The molecule has 0 fully saturated rings. The Labute approximate surface area is 70.6 Å². The zero-order valence-corrected chi connectivity index (χ0v) is 6.11. The Balaban J connectivity index is 3.50. The van der Waals surface area contributed by atoms with Gasteiger partial charge in [-0.05, 0) is 6.07 Å². The lowest BCUT2D eigenvalue weighted by Crippen LogP contribution is -2.24. The molecule has 0 radical (unpaired) electrons. The molecule has 0 unspecified atom stereocenters. The van der Waals surface area contributed by atoms with Gasteiger partial charge in [0.15, 0.2) is 17.5 Å². The van der Waals surface area contributed by atoms with Gasteiger partial charge in [0.05, 0.1) is 5.97 Å². The number of nitrogen functional groups attached to an aromatic ring is 1. The molecule has 0 aliphatic rings. The molecule has 0 bridgehead atoms. The molecule has 1 rings (SSSR count). The Hall–Kier alpha value is -1.72. The van der Waals surface area contributed by atoms with E-state index in [1.807, 2.05) is 0 Å². The van der Waals surface area contributed by atoms with E-state index in [1.165, 1.54) is 0 Å². The number of carbonyl (C=O) groups excluding carboxylic acids is 1. The van der Waals surface area contributed by atoms with Crippen LogP contribution in [0, 0.1) is 17.5 Å². The number of carboxylic acids is 1. The van der Waals surface area contributed by atoms with Crippen molar-refractivity contribution in [1.29, 1.82) is 0 Å². The van der Waals surface area contributed by atoms with Crippen LogP contribution in [-0.4, -0.2) is 5.97 Å². The monoisotopic (exact) mass is 190 g/mol. The number of nitrogens with two attached hydrogens (primary N) is 1. The van der Waals surface area contributed by atoms with Crippen molar-refractivity contribution in [2.75, 3.05) is 5.73 Å². The second kappa shape index (κ2) is 2.96. The molecule has 70 valence electrons. The van der Waals surface area contributed by atoms with Crippen LogP contribution >= 0.6 is 0 Å². The molecule has 0 heterocycles. The molecule has 0 atom stereocenters. The molecule has 0 aromatic heterocycles. The van der Waals surface area contributed by atoms with Crippen molar-refractivity contribution in [2.45, 2.75) is 0 Å². The van der Waals surface area contributed by atoms with Gasteiger partial charge in [-0.25, -0.2) is 13.2 Å². The van der Waals surface area contributed by atoms with E-state index in [9.17, 15) is 23.1 Å². The van der Waals surface area contributed by atoms with Crippen molar-refractivity contribution < 1.29 is 23.1 Å². The first-order valence-electron chi connectivity index (χ1n) is 3.09. The van der Waals surface area contributed by atoms with Gasteiger partial charge in [-0.15, -0.1) is 0 Å². The molecule has 0 aliphatic carbocycles. The molecule has 0 saturated carbocycles. The van der Waals surface area contributed by atoms with Gasteiger partial charge < -0.3 is 15.6 Å². The van der Waals surface area contributed by atoms with Crippen LogP contribution in [0.2, 0.25) is 0 Å². The van der Waals surface area contributed by atoms with Crippen molar-refractivity contribution in [3.05, 3.63) is 29.1 Å². The third kappa shape index (κ3) is 1.42. The van der Waals surface area contributed by atoms with Gasteiger partial charge >= 0.3 is 0 Å². The van der Waals surface area contributed by atoms with Crippen LogP contribution in [0.15, 0.2) is 6.07 Å². The van der Waals surface area contributed by atoms with Crippen molar-refractivity contribution in [1.82, 2.24) is 0 Å². The lowest BCUT2D eigenvalue weighted by molar-refractivity contribution is -0.255. The molecule has 1 aromatic rings. The maximum atomic E-state index is 12.7. The summed E-state index contributed by atoms with van der Waals surface area (Å²) >= 11 is 0. The van der Waals surface area contributed by atoms with Crippen molar-refractivity contribution in [2.24, 2.45) is 0 Å². The normalized spacial score (nSPS) is 10.1. The van der Waals surface area contributed by atoms with Gasteiger partial charge in [0.2, 0.25) is 0 Å². The van der Waals surface area contributed by atoms with E-state index in [-0.39, 0.29) is 6.07 Å². The fourth-order valence-corrected chi connectivity index (χ4v) is 0.772. The second-order valence-electron chi connectivity index (χ2n) is 2.24. The molecule has 2 N–H and O–H groups in total. The molecule has 0 aliphatic heterocycles. The van der Waals surface area contributed by atoms with Gasteiger partial charge in [-0.2, -0.15) is 0 Å². The predicted molar refractivity (Wildman–Crippen MR) is 35.1 cm³/mol. The fourth-order valence-electron chi connectivity index (χ4n) is 0.772. The van der Waals surface area contributed by atoms with E-state index in [2.05, 4.69) is 0 Å². The topological polar surface area (TPSA) is 66.2 Å². The Morgan fingerprint density at radius 3 is 2.31 bits per heavy atom. The molecule has 13 heavy (non-hydrogen) atoms. The third-order valence-electron chi connectivity index (χ3n) is 1.41. The van der Waals surface area contributed by atoms with E-state index in [1.54, 1.807) is 0 Å². The summed E-state index contributed by atoms with van der Waals surface area (Å²) in [4.78, 5) is 10.1. The molecular formula is C7H3F3NO2-. The largest absolute Gasteiger partial charge is 0.545 e. The van der Waals surface area contributed by atoms with E-state index in [4.69, 9.17) is 5.73 Å². The highest BCUT2D eigenvalue weighted by molar-refractivity contribution is 5.87. The van der Waals surface area contributed by atoms with E-state index in [0.29, 0.717) is 0 Å². The Kier molecular flexibility index (Phi) is 2.14. The first-order chi connectivity index (χ1) is 5.95. The Bertz CT molecular complexity index is 378. The van der Waals surface area contributed by atoms with Crippen LogP contribution in [0.3, 0.4) is 0 Å². The molecule has 0 spiro atoms. The van der Waals surface area contributed by atoms with E-state index < -0.39 is 34.7 Å². The molecule has 0 amide bonds. The van der Waals surface area contributed by atoms with Gasteiger partial charge in [-0.3, -0.25) is 0 Å². The lowest BCUT2D eigenvalue weighted by atomic mass is 10.1. The molecule has 6 heteroatoms. The summed E-state index contributed by atoms with van der Waals surface area (Å²) in [6.07, 6.45) is 0. The predicted octanol–water partition coefficient (Wildman–Crippen LogP) is 0.0496. The number of aromatic carboxylic acids is 1. The average Bonchev–Trinajstić information content (AvgIpc) is 2.07. The summed E-state index contributed by atoms with van der Waals surface area (Å²) < 4.78 is 37.7. The number of rotatable bonds is 1. The van der Waals surface area contributed by atoms with E-state index >= 15 is 0 Å². The summed E-state index contributed by atoms with van der Waals surface area (Å²) in [5.74, 6) is -6.62. The quantitative estimate of drug-likeness (QED) is 0.502. The highest BCUT2D eigenvalue weighted by Crippen LogP contribution is 2.21. The van der Waals surface area contributed by atoms with E-state index in [0.717, 1.165) is 0 Å². The van der Waals surface area contributed by atoms with Crippen LogP contribution < -0.4 is 10.8 Å². The van der Waals surface area contributed by atoms with Crippen molar-refractivity contribution in [3.8, 4) is 0 Å². The standard InChI is InChI=1S/C7H4F3NO2/c8-3-1-2(7(12)13)4(9)6(11)5(3)10/h1H,11H2,(H,12,13)/p-1. The van der Waals surface area contributed by atoms with Crippen molar-refractivity contribution >= 4 is 11.7 Å². The number of carbonyl (C=O) groups is 1. The highest BCUT2D eigenvalue weighted by Gasteiger charge is 2.16. The summed E-state index contributed by atoms with van der Waals surface area (Å²) in [6.45, 7) is 0. The first-order valence-corrected chi connectivity index (χ1v) is 3.09. The average molecular weight is 190 g/mol. The summed E-state index contributed by atoms with van der Waals surface area (Å²) in [5, 5.41) is 10.1. The molecular weight excluding hydrogens is 187 g/mol. The van der Waals surface area contributed by atoms with Gasteiger partial charge in [0.1, 0.15) is 5.69 Å². The number of carboxylic acid groups (broad SMARTS) is 1. The lowest BCUT2D eigenvalue weighted by Gasteiger charge is -2.07. The minimum Gasteiger partial charge on any atom is -0.545 e. The summed E-state index contributed by atoms with van der Waals surface area (Å²) in [7, 11) is 0. The second-order valence-corrected chi connectivity index (χ2v) is 2.24. The van der Waals surface area contributed by atoms with Gasteiger partial charge in [-0.1, -0.05) is 0 Å². The van der Waals surface area contributed by atoms with Crippen molar-refractivity contribution in [3.63, 3.8) is 0 Å². The van der Waals surface area contributed by atoms with Crippen LogP contribution in [0.1, 0.15) is 10.4 Å². The number of hydrogen-bond donors (Lipinski definition) is 1. The summed E-state index contributed by atoms with van der Waals surface area (Å²) in [6, 6.07) is 0.177. The van der Waals surface area contributed by atoms with Gasteiger partial charge in [0.25, 0.3) is 0 Å². The van der Waals surface area contributed by atoms with Crippen LogP contribution in [0.5, 0.6) is 0 Å². The zero-order chi connectivity index (χ0) is 10.2. The number of halogens is 3. The minimum absolute atomic E-state index is 0.177. The molecule has 1 aromatic carbocycles. The maximum absolute atomic E-state index is 12.7. The van der Waals surface area contributed by atoms with Crippen LogP contribution in [0.4, 0.5) is 18.9 Å². The fraction of sp³-hybridized carbons (Fsp3) is 0. The molecule has 0 saturated heterocycles. The van der Waals surface area contributed by atoms with Gasteiger partial charge in [0, 0.05) is 5.56 Å². The van der Waals surface area contributed by atoms with Crippen LogP contribution in [0.25, 0.3) is 0 Å². The Morgan fingerprint density at radius 1 is 1.31 bits per heavy atom. The number of hydrogen-bond acceptors (Lipinski definition) is 3. The maximum Gasteiger partial charge on any atom is 0.184 e. The third-order valence-corrected chi connectivity index (χ3v) is 1.41. The summed E-state index contributed by atoms with van der Waals surface area (Å²) in [5.41, 5.74) is 2.47. The molecule has 3 nitrogen and oxygen atoms in total. The smallest absolute Gasteiger partial charge is 0.184 e. The first kappa shape index (κ1) is 9.37. The highest BCUT2D eigenvalue weighted by atomic mass is 19.2. The number of anilines is 1. The SMILES string of the molecule is Nc1c(F)c(F)cc(C(=O)[O-])c1F. The number of benzene rings is 1. The Morgan fingerprint density at radius 2 is 1.85 bits per heavy atom.